The Morgan fingerprint density at radius 1 is 1.12 bits per heavy atom. The van der Waals surface area contributed by atoms with Gasteiger partial charge in [0.05, 0.1) is 12.2 Å². The smallest absolute Gasteiger partial charge is 0.257 e. The van der Waals surface area contributed by atoms with Gasteiger partial charge in [0.15, 0.2) is 10.7 Å². The first-order valence-corrected chi connectivity index (χ1v) is 11.0. The van der Waals surface area contributed by atoms with Crippen molar-refractivity contribution in [1.82, 2.24) is 10.3 Å². The molecule has 0 aliphatic rings. The number of hydrogen-bond donors (Lipinski definition) is 3. The predicted molar refractivity (Wildman–Crippen MR) is 132 cm³/mol. The van der Waals surface area contributed by atoms with Crippen molar-refractivity contribution in [2.45, 2.75) is 20.3 Å². The van der Waals surface area contributed by atoms with Crippen molar-refractivity contribution >= 4 is 40.0 Å². The zero-order valence-corrected chi connectivity index (χ0v) is 19.0. The Bertz CT molecular complexity index is 1330. The van der Waals surface area contributed by atoms with Crippen LogP contribution in [0.2, 0.25) is 0 Å². The molecule has 1 aromatic heterocycles. The van der Waals surface area contributed by atoms with E-state index in [2.05, 4.69) is 22.5 Å². The summed E-state index contributed by atoms with van der Waals surface area (Å²) in [6.07, 6.45) is 0.901. The lowest BCUT2D eigenvalue weighted by Crippen LogP contribution is -2.34. The Labute approximate surface area is 196 Å². The topological polar surface area (TPSA) is 96.6 Å². The second kappa shape index (κ2) is 9.70. The number of benzene rings is 3. The largest absolute Gasteiger partial charge is 0.507 e. The van der Waals surface area contributed by atoms with E-state index in [1.165, 1.54) is 6.07 Å². The van der Waals surface area contributed by atoms with E-state index in [0.717, 1.165) is 17.5 Å². The highest BCUT2D eigenvalue weighted by molar-refractivity contribution is 7.80. The Morgan fingerprint density at radius 3 is 2.73 bits per heavy atom. The van der Waals surface area contributed by atoms with E-state index in [1.807, 2.05) is 25.1 Å². The lowest BCUT2D eigenvalue weighted by Gasteiger charge is -2.11. The van der Waals surface area contributed by atoms with Crippen LogP contribution >= 0.6 is 12.2 Å². The lowest BCUT2D eigenvalue weighted by atomic mass is 10.1. The molecule has 0 radical (unpaired) electrons. The van der Waals surface area contributed by atoms with Gasteiger partial charge in [-0.1, -0.05) is 19.1 Å². The summed E-state index contributed by atoms with van der Waals surface area (Å²) in [5.74, 6) is 0.538. The monoisotopic (exact) mass is 461 g/mol. The zero-order chi connectivity index (χ0) is 23.4. The zero-order valence-electron chi connectivity index (χ0n) is 18.2. The number of aryl methyl sites for hydroxylation is 1. The van der Waals surface area contributed by atoms with Gasteiger partial charge in [-0.25, -0.2) is 4.98 Å². The summed E-state index contributed by atoms with van der Waals surface area (Å²) < 4.78 is 11.2. The van der Waals surface area contributed by atoms with Gasteiger partial charge in [0.25, 0.3) is 5.91 Å². The molecule has 3 aromatic carbocycles. The van der Waals surface area contributed by atoms with E-state index >= 15 is 0 Å². The number of aromatic hydroxyl groups is 1. The summed E-state index contributed by atoms with van der Waals surface area (Å²) >= 11 is 5.25. The number of rotatable bonds is 6. The molecule has 0 bridgehead atoms. The summed E-state index contributed by atoms with van der Waals surface area (Å²) in [4.78, 5) is 17.0. The molecule has 1 amide bonds. The van der Waals surface area contributed by atoms with E-state index in [-0.39, 0.29) is 16.8 Å². The summed E-state index contributed by atoms with van der Waals surface area (Å²) in [5.41, 5.74) is 3.94. The minimum absolute atomic E-state index is 0.0270. The number of amides is 1. The Balaban J connectivity index is 1.45. The van der Waals surface area contributed by atoms with Crippen molar-refractivity contribution in [2.75, 3.05) is 11.9 Å². The van der Waals surface area contributed by atoms with Gasteiger partial charge in [-0.3, -0.25) is 10.1 Å². The molecule has 168 valence electrons. The average Bonchev–Trinajstić information content (AvgIpc) is 3.22. The minimum Gasteiger partial charge on any atom is -0.507 e. The number of oxazole rings is 1. The highest BCUT2D eigenvalue weighted by atomic mass is 32.1. The van der Waals surface area contributed by atoms with Crippen molar-refractivity contribution < 1.29 is 19.1 Å². The molecule has 0 saturated carbocycles. The number of fused-ring (bicyclic) bond motifs is 1. The van der Waals surface area contributed by atoms with Crippen LogP contribution in [0.3, 0.4) is 0 Å². The molecule has 33 heavy (non-hydrogen) atoms. The maximum absolute atomic E-state index is 12.5. The number of carbonyl (C=O) groups is 1. The van der Waals surface area contributed by atoms with Crippen molar-refractivity contribution in [1.29, 1.82) is 0 Å². The molecule has 0 aliphatic carbocycles. The van der Waals surface area contributed by atoms with Crippen LogP contribution in [0.25, 0.3) is 22.6 Å². The summed E-state index contributed by atoms with van der Waals surface area (Å²) in [5, 5.41) is 16.2. The van der Waals surface area contributed by atoms with Crippen LogP contribution in [-0.4, -0.2) is 27.7 Å². The summed E-state index contributed by atoms with van der Waals surface area (Å²) in [6, 6.07) is 17.6. The molecular weight excluding hydrogens is 438 g/mol. The highest BCUT2D eigenvalue weighted by Crippen LogP contribution is 2.33. The first kappa shape index (κ1) is 22.3. The molecule has 1 heterocycles. The van der Waals surface area contributed by atoms with Crippen LogP contribution in [-0.2, 0) is 6.42 Å². The SMILES string of the molecule is CCOc1cccc(C(=O)NC(=S)Nc2ccc(-c3nc4cc(CC)ccc4o3)c(O)c2)c1. The van der Waals surface area contributed by atoms with Gasteiger partial charge in [-0.15, -0.1) is 0 Å². The second-order valence-corrected chi connectivity index (χ2v) is 7.68. The van der Waals surface area contributed by atoms with Gasteiger partial charge < -0.3 is 19.6 Å². The van der Waals surface area contributed by atoms with Gasteiger partial charge in [0, 0.05) is 17.3 Å². The molecule has 0 saturated heterocycles. The van der Waals surface area contributed by atoms with E-state index < -0.39 is 0 Å². The van der Waals surface area contributed by atoms with E-state index in [0.29, 0.717) is 40.6 Å². The molecule has 0 aliphatic heterocycles. The van der Waals surface area contributed by atoms with E-state index in [4.69, 9.17) is 21.4 Å². The van der Waals surface area contributed by atoms with Gasteiger partial charge in [-0.2, -0.15) is 0 Å². The molecule has 4 rings (SSSR count). The molecule has 0 spiro atoms. The first-order valence-electron chi connectivity index (χ1n) is 10.5. The number of anilines is 1. The van der Waals surface area contributed by atoms with Crippen LogP contribution in [0.1, 0.15) is 29.8 Å². The molecule has 7 nitrogen and oxygen atoms in total. The molecule has 0 atom stereocenters. The maximum atomic E-state index is 12.5. The van der Waals surface area contributed by atoms with Crippen LogP contribution in [0.4, 0.5) is 5.69 Å². The molecule has 4 aromatic rings. The fraction of sp³-hybridized carbons (Fsp3) is 0.160. The molecular formula is C25H23N3O4S. The number of nitrogens with zero attached hydrogens (tertiary/aromatic N) is 1. The molecule has 3 N–H and O–H groups in total. The highest BCUT2D eigenvalue weighted by Gasteiger charge is 2.14. The van der Waals surface area contributed by atoms with E-state index in [9.17, 15) is 9.90 Å². The number of carbonyl (C=O) groups excluding carboxylic acids is 1. The number of hydrogen-bond acceptors (Lipinski definition) is 6. The number of ether oxygens (including phenoxy) is 1. The van der Waals surface area contributed by atoms with Crippen molar-refractivity contribution in [3.63, 3.8) is 0 Å². The normalized spacial score (nSPS) is 10.7. The molecule has 8 heteroatoms. The van der Waals surface area contributed by atoms with Gasteiger partial charge in [0.2, 0.25) is 5.89 Å². The third-order valence-corrected chi connectivity index (χ3v) is 5.18. The fourth-order valence-corrected chi connectivity index (χ4v) is 3.54. The Kier molecular flexibility index (Phi) is 6.55. The third kappa shape index (κ3) is 5.12. The number of thiocarbonyl (C=S) groups is 1. The third-order valence-electron chi connectivity index (χ3n) is 4.98. The van der Waals surface area contributed by atoms with Crippen molar-refractivity contribution in [3.8, 4) is 23.0 Å². The molecule has 0 unspecified atom stereocenters. The average molecular weight is 462 g/mol. The maximum Gasteiger partial charge on any atom is 0.257 e. The number of phenolic OH excluding ortho intramolecular Hbond substituents is 1. The molecule has 0 fully saturated rings. The number of nitrogens with one attached hydrogen (secondary N) is 2. The van der Waals surface area contributed by atoms with Gasteiger partial charge >= 0.3 is 0 Å². The standard InChI is InChI=1S/C25H23N3O4S/c1-3-15-8-11-22-20(12-15)27-24(32-22)19-10-9-17(14-21(19)29)26-25(33)28-23(30)16-6-5-7-18(13-16)31-4-2/h5-14,29H,3-4H2,1-2H3,(H2,26,28,30,33). The Hall–Kier alpha value is -3.91. The van der Waals surface area contributed by atoms with Crippen LogP contribution < -0.4 is 15.4 Å². The summed E-state index contributed by atoms with van der Waals surface area (Å²) in [6.45, 7) is 4.46. The Morgan fingerprint density at radius 2 is 1.97 bits per heavy atom. The minimum atomic E-state index is -0.368. The lowest BCUT2D eigenvalue weighted by molar-refractivity contribution is 0.0977. The second-order valence-electron chi connectivity index (χ2n) is 7.28. The first-order chi connectivity index (χ1) is 16.0. The van der Waals surface area contributed by atoms with Crippen molar-refractivity contribution in [3.05, 3.63) is 71.8 Å². The van der Waals surface area contributed by atoms with Gasteiger partial charge in [0.1, 0.15) is 17.0 Å². The number of phenols is 1. The fourth-order valence-electron chi connectivity index (χ4n) is 3.33. The number of aromatic nitrogens is 1. The summed E-state index contributed by atoms with van der Waals surface area (Å²) in [7, 11) is 0. The van der Waals surface area contributed by atoms with Crippen LogP contribution in [0, 0.1) is 0 Å². The predicted octanol–water partition coefficient (Wildman–Crippen LogP) is 5.29. The quantitative estimate of drug-likeness (QED) is 0.336. The van der Waals surface area contributed by atoms with E-state index in [1.54, 1.807) is 36.4 Å². The van der Waals surface area contributed by atoms with Crippen molar-refractivity contribution in [2.24, 2.45) is 0 Å². The van der Waals surface area contributed by atoms with Crippen LogP contribution in [0.5, 0.6) is 11.5 Å². The van der Waals surface area contributed by atoms with Crippen LogP contribution in [0.15, 0.2) is 65.1 Å². The van der Waals surface area contributed by atoms with Gasteiger partial charge in [-0.05, 0) is 73.6 Å².